The quantitative estimate of drug-likeness (QED) is 0.802. The molecule has 1 N–H and O–H groups in total. The van der Waals surface area contributed by atoms with Gasteiger partial charge in [0, 0.05) is 0 Å². The van der Waals surface area contributed by atoms with Crippen molar-refractivity contribution in [3.63, 3.8) is 0 Å². The minimum atomic E-state index is -0.293. The molecule has 2 aliphatic carbocycles. The fraction of sp³-hybridized carbons (Fsp3) is 0.579. The van der Waals surface area contributed by atoms with E-state index in [4.69, 9.17) is 0 Å². The van der Waals surface area contributed by atoms with E-state index >= 15 is 0 Å². The number of hydrogen-bond donors (Lipinski definition) is 1. The molecule has 0 heterocycles. The minimum Gasteiger partial charge on any atom is -0.389 e. The molecule has 20 heavy (non-hydrogen) atoms. The Morgan fingerprint density at radius 1 is 1.30 bits per heavy atom. The molecule has 1 aromatic carbocycles. The van der Waals surface area contributed by atoms with Crippen LogP contribution in [0.3, 0.4) is 0 Å². The summed E-state index contributed by atoms with van der Waals surface area (Å²) in [6.45, 7) is 8.96. The van der Waals surface area contributed by atoms with Gasteiger partial charge in [-0.2, -0.15) is 0 Å². The fourth-order valence-electron chi connectivity index (χ4n) is 4.28. The summed E-state index contributed by atoms with van der Waals surface area (Å²) in [7, 11) is 0. The topological polar surface area (TPSA) is 20.2 Å². The van der Waals surface area contributed by atoms with Crippen molar-refractivity contribution in [2.24, 2.45) is 5.92 Å². The largest absolute Gasteiger partial charge is 0.389 e. The Balaban J connectivity index is 2.25. The van der Waals surface area contributed by atoms with Crippen molar-refractivity contribution in [3.05, 3.63) is 40.0 Å². The van der Waals surface area contributed by atoms with Gasteiger partial charge in [0.1, 0.15) is 0 Å². The van der Waals surface area contributed by atoms with Gasteiger partial charge in [-0.1, -0.05) is 39.0 Å². The van der Waals surface area contributed by atoms with Crippen LogP contribution in [0.5, 0.6) is 0 Å². The van der Waals surface area contributed by atoms with E-state index < -0.39 is 0 Å². The molecule has 0 saturated carbocycles. The summed E-state index contributed by atoms with van der Waals surface area (Å²) in [5.41, 5.74) is 7.19. The Hall–Kier alpha value is -1.08. The first kappa shape index (κ1) is 13.9. The third-order valence-corrected chi connectivity index (χ3v) is 5.36. The Bertz CT molecular complexity index is 567. The second-order valence-corrected chi connectivity index (χ2v) is 7.26. The van der Waals surface area contributed by atoms with Gasteiger partial charge in [0.15, 0.2) is 0 Å². The third-order valence-electron chi connectivity index (χ3n) is 5.36. The van der Waals surface area contributed by atoms with Crippen LogP contribution in [0.4, 0.5) is 0 Å². The second kappa shape index (κ2) is 4.73. The van der Waals surface area contributed by atoms with Gasteiger partial charge < -0.3 is 5.11 Å². The molecule has 2 atom stereocenters. The van der Waals surface area contributed by atoms with Crippen molar-refractivity contribution in [2.45, 2.75) is 64.9 Å². The van der Waals surface area contributed by atoms with E-state index in [2.05, 4.69) is 45.9 Å². The number of benzene rings is 1. The highest BCUT2D eigenvalue weighted by molar-refractivity contribution is 5.65. The molecule has 3 rings (SSSR count). The average molecular weight is 270 g/mol. The Morgan fingerprint density at radius 2 is 2.05 bits per heavy atom. The van der Waals surface area contributed by atoms with Gasteiger partial charge in [0.25, 0.3) is 0 Å². The van der Waals surface area contributed by atoms with Gasteiger partial charge in [0.05, 0.1) is 6.10 Å². The van der Waals surface area contributed by atoms with E-state index in [0.29, 0.717) is 5.92 Å². The lowest BCUT2D eigenvalue weighted by atomic mass is 9.66. The predicted molar refractivity (Wildman–Crippen MR) is 84.9 cm³/mol. The van der Waals surface area contributed by atoms with Gasteiger partial charge in [-0.05, 0) is 71.8 Å². The minimum absolute atomic E-state index is 0.140. The lowest BCUT2D eigenvalue weighted by molar-refractivity contribution is 0.153. The van der Waals surface area contributed by atoms with Crippen LogP contribution in [-0.2, 0) is 11.8 Å². The summed E-state index contributed by atoms with van der Waals surface area (Å²) in [4.78, 5) is 0. The average Bonchev–Trinajstić information content (AvgIpc) is 2.48. The van der Waals surface area contributed by atoms with Crippen molar-refractivity contribution >= 4 is 6.08 Å². The van der Waals surface area contributed by atoms with Crippen molar-refractivity contribution in [1.82, 2.24) is 0 Å². The molecule has 0 saturated heterocycles. The third kappa shape index (κ3) is 2.03. The van der Waals surface area contributed by atoms with E-state index in [0.717, 1.165) is 6.42 Å². The Morgan fingerprint density at radius 3 is 2.75 bits per heavy atom. The second-order valence-electron chi connectivity index (χ2n) is 7.26. The predicted octanol–water partition coefficient (Wildman–Crippen LogP) is 4.39. The lowest BCUT2D eigenvalue weighted by Crippen LogP contribution is -2.32. The summed E-state index contributed by atoms with van der Waals surface area (Å²) >= 11 is 0. The van der Waals surface area contributed by atoms with E-state index in [1.165, 1.54) is 41.5 Å². The highest BCUT2D eigenvalue weighted by Crippen LogP contribution is 2.47. The van der Waals surface area contributed by atoms with Crippen LogP contribution in [0.2, 0.25) is 0 Å². The zero-order valence-electron chi connectivity index (χ0n) is 13.2. The molecule has 1 aromatic rings. The smallest absolute Gasteiger partial charge is 0.0764 e. The van der Waals surface area contributed by atoms with Gasteiger partial charge in [-0.15, -0.1) is 0 Å². The van der Waals surface area contributed by atoms with Crippen molar-refractivity contribution in [1.29, 1.82) is 0 Å². The fourth-order valence-corrected chi connectivity index (χ4v) is 4.28. The number of hydrogen-bond acceptors (Lipinski definition) is 1. The number of rotatable bonds is 1. The number of aliphatic hydroxyl groups is 1. The number of aliphatic hydroxyl groups excluding tert-OH is 1. The monoisotopic (exact) mass is 270 g/mol. The summed E-state index contributed by atoms with van der Waals surface area (Å²) in [5, 5.41) is 10.7. The van der Waals surface area contributed by atoms with Gasteiger partial charge in [-0.3, -0.25) is 0 Å². The summed E-state index contributed by atoms with van der Waals surface area (Å²) in [6, 6.07) is 4.52. The van der Waals surface area contributed by atoms with Crippen LogP contribution in [-0.4, -0.2) is 11.2 Å². The molecule has 0 aliphatic heterocycles. The Labute approximate surface area is 122 Å². The van der Waals surface area contributed by atoms with Gasteiger partial charge >= 0.3 is 0 Å². The summed E-state index contributed by atoms with van der Waals surface area (Å²) in [6.07, 6.45) is 6.50. The Kier molecular flexibility index (Phi) is 3.29. The highest BCUT2D eigenvalue weighted by atomic mass is 16.3. The van der Waals surface area contributed by atoms with Crippen molar-refractivity contribution in [3.8, 4) is 0 Å². The van der Waals surface area contributed by atoms with E-state index in [1.54, 1.807) is 5.56 Å². The van der Waals surface area contributed by atoms with E-state index in [9.17, 15) is 5.11 Å². The summed E-state index contributed by atoms with van der Waals surface area (Å²) < 4.78 is 0. The molecule has 0 bridgehead atoms. The first-order chi connectivity index (χ1) is 9.42. The maximum Gasteiger partial charge on any atom is 0.0764 e. The van der Waals surface area contributed by atoms with Crippen molar-refractivity contribution in [2.75, 3.05) is 0 Å². The molecule has 108 valence electrons. The van der Waals surface area contributed by atoms with E-state index in [-0.39, 0.29) is 11.5 Å². The molecule has 0 spiro atoms. The SMILES string of the molecule is Cc1ccc2c3c1CCC[C@@]3(C)C[C@H](O)C(C(C)C)=C2. The zero-order valence-corrected chi connectivity index (χ0v) is 13.2. The van der Waals surface area contributed by atoms with Crippen LogP contribution in [0.25, 0.3) is 6.08 Å². The van der Waals surface area contributed by atoms with Crippen LogP contribution in [0.15, 0.2) is 17.7 Å². The van der Waals surface area contributed by atoms with Crippen LogP contribution in [0, 0.1) is 12.8 Å². The molecule has 0 unspecified atom stereocenters. The first-order valence-electron chi connectivity index (χ1n) is 7.95. The molecule has 0 fully saturated rings. The molecular formula is C19H26O. The normalized spacial score (nSPS) is 28.9. The zero-order chi connectivity index (χ0) is 14.5. The molecule has 1 nitrogen and oxygen atoms in total. The highest BCUT2D eigenvalue weighted by Gasteiger charge is 2.39. The van der Waals surface area contributed by atoms with Gasteiger partial charge in [0.2, 0.25) is 0 Å². The lowest BCUT2D eigenvalue weighted by Gasteiger charge is -2.38. The maximum atomic E-state index is 10.7. The molecular weight excluding hydrogens is 244 g/mol. The maximum absolute atomic E-state index is 10.7. The van der Waals surface area contributed by atoms with Crippen LogP contribution in [0.1, 0.15) is 62.3 Å². The van der Waals surface area contributed by atoms with Crippen molar-refractivity contribution < 1.29 is 5.11 Å². The molecule has 0 amide bonds. The molecule has 0 radical (unpaired) electrons. The first-order valence-corrected chi connectivity index (χ1v) is 7.95. The molecule has 0 aromatic heterocycles. The molecule has 1 heteroatoms. The molecule has 2 aliphatic rings. The summed E-state index contributed by atoms with van der Waals surface area (Å²) in [5.74, 6) is 0.408. The number of aryl methyl sites for hydroxylation is 1. The van der Waals surface area contributed by atoms with Crippen LogP contribution < -0.4 is 0 Å². The van der Waals surface area contributed by atoms with Crippen LogP contribution >= 0.6 is 0 Å². The standard InChI is InChI=1S/C19H26O/c1-12(2)16-10-14-8-7-13(3)15-6-5-9-19(4,18(14)15)11-17(16)20/h7-8,10,12,17,20H,5-6,9,11H2,1-4H3/t17-,19-/m0/s1. The van der Waals surface area contributed by atoms with E-state index in [1.807, 2.05) is 0 Å². The van der Waals surface area contributed by atoms with Gasteiger partial charge in [-0.25, -0.2) is 0 Å².